The molecule has 0 spiro atoms. The molecule has 0 amide bonds. The van der Waals surface area contributed by atoms with Gasteiger partial charge in [0.05, 0.1) is 6.33 Å². The van der Waals surface area contributed by atoms with Crippen LogP contribution in [-0.2, 0) is 12.7 Å². The number of hydrogen-bond acceptors (Lipinski definition) is 4. The van der Waals surface area contributed by atoms with Crippen LogP contribution in [0.5, 0.6) is 0 Å². The number of hydrogen-bond donors (Lipinski definition) is 1. The van der Waals surface area contributed by atoms with Gasteiger partial charge in [0.25, 0.3) is 0 Å². The van der Waals surface area contributed by atoms with Gasteiger partial charge in [0.15, 0.2) is 5.69 Å². The van der Waals surface area contributed by atoms with Crippen molar-refractivity contribution >= 4 is 5.82 Å². The molecule has 96 valence electrons. The Morgan fingerprint density at radius 2 is 2.06 bits per heavy atom. The van der Waals surface area contributed by atoms with Crippen LogP contribution in [0.3, 0.4) is 0 Å². The van der Waals surface area contributed by atoms with E-state index in [1.165, 1.54) is 6.07 Å². The van der Waals surface area contributed by atoms with Crippen molar-refractivity contribution in [3.63, 3.8) is 0 Å². The molecular weight excluding hydrogens is 247 g/mol. The van der Waals surface area contributed by atoms with E-state index in [1.54, 1.807) is 18.7 Å². The summed E-state index contributed by atoms with van der Waals surface area (Å²) in [7, 11) is 0. The largest absolute Gasteiger partial charge is 0.435 e. The first kappa shape index (κ1) is 12.3. The minimum atomic E-state index is -4.46. The van der Waals surface area contributed by atoms with Crippen molar-refractivity contribution < 1.29 is 13.2 Å². The molecule has 1 N–H and O–H groups in total. The molecular formula is C10H10F3N5. The van der Waals surface area contributed by atoms with Crippen molar-refractivity contribution in [1.82, 2.24) is 19.7 Å². The van der Waals surface area contributed by atoms with E-state index in [1.807, 2.05) is 4.57 Å². The zero-order chi connectivity index (χ0) is 13.0. The molecule has 8 heteroatoms. The Morgan fingerprint density at radius 1 is 1.22 bits per heavy atom. The van der Waals surface area contributed by atoms with Crippen LogP contribution in [0.2, 0.25) is 0 Å². The zero-order valence-corrected chi connectivity index (χ0v) is 9.22. The van der Waals surface area contributed by atoms with Crippen LogP contribution in [0.4, 0.5) is 19.0 Å². The molecule has 2 heterocycles. The Kier molecular flexibility index (Phi) is 3.45. The molecule has 2 rings (SSSR count). The van der Waals surface area contributed by atoms with Crippen molar-refractivity contribution in [2.24, 2.45) is 0 Å². The summed E-state index contributed by atoms with van der Waals surface area (Å²) in [5.74, 6) is 0.308. The fourth-order valence-corrected chi connectivity index (χ4v) is 1.31. The van der Waals surface area contributed by atoms with Gasteiger partial charge in [0.1, 0.15) is 5.82 Å². The molecule has 0 bridgehead atoms. The average Bonchev–Trinajstić information content (AvgIpc) is 2.82. The quantitative estimate of drug-likeness (QED) is 0.907. The maximum absolute atomic E-state index is 12.2. The molecule has 0 fully saturated rings. The van der Waals surface area contributed by atoms with Crippen molar-refractivity contribution in [1.29, 1.82) is 0 Å². The van der Waals surface area contributed by atoms with Gasteiger partial charge < -0.3 is 9.88 Å². The second-order valence-electron chi connectivity index (χ2n) is 3.53. The SMILES string of the molecule is FC(F)(F)c1ccc(NCCn2ccnc2)nn1. The lowest BCUT2D eigenvalue weighted by molar-refractivity contribution is -0.141. The lowest BCUT2D eigenvalue weighted by Gasteiger charge is -2.07. The molecule has 0 aliphatic rings. The Hall–Kier alpha value is -2.12. The van der Waals surface area contributed by atoms with Gasteiger partial charge in [-0.15, -0.1) is 10.2 Å². The van der Waals surface area contributed by atoms with Gasteiger partial charge in [-0.1, -0.05) is 0 Å². The van der Waals surface area contributed by atoms with Crippen LogP contribution >= 0.6 is 0 Å². The highest BCUT2D eigenvalue weighted by molar-refractivity contribution is 5.33. The van der Waals surface area contributed by atoms with Crippen LogP contribution in [0.25, 0.3) is 0 Å². The smallest absolute Gasteiger partial charge is 0.367 e. The molecule has 5 nitrogen and oxygen atoms in total. The number of halogens is 3. The van der Waals surface area contributed by atoms with Crippen molar-refractivity contribution in [3.8, 4) is 0 Å². The number of nitrogens with zero attached hydrogens (tertiary/aromatic N) is 4. The van der Waals surface area contributed by atoms with Crippen LogP contribution in [0.15, 0.2) is 30.9 Å². The minimum absolute atomic E-state index is 0.308. The molecule has 0 saturated heterocycles. The van der Waals surface area contributed by atoms with Crippen molar-refractivity contribution in [2.45, 2.75) is 12.7 Å². The minimum Gasteiger partial charge on any atom is -0.367 e. The predicted octanol–water partition coefficient (Wildman–Crippen LogP) is 1.80. The monoisotopic (exact) mass is 257 g/mol. The molecule has 0 radical (unpaired) electrons. The summed E-state index contributed by atoms with van der Waals surface area (Å²) < 4.78 is 38.5. The summed E-state index contributed by atoms with van der Waals surface area (Å²) in [4.78, 5) is 3.87. The maximum Gasteiger partial charge on any atom is 0.435 e. The highest BCUT2D eigenvalue weighted by atomic mass is 19.4. The van der Waals surface area contributed by atoms with Crippen molar-refractivity contribution in [3.05, 3.63) is 36.5 Å². The van der Waals surface area contributed by atoms with Crippen LogP contribution in [-0.4, -0.2) is 26.3 Å². The lowest BCUT2D eigenvalue weighted by atomic mass is 10.4. The standard InChI is InChI=1S/C10H10F3N5/c11-10(12,13)8-1-2-9(17-16-8)15-4-6-18-5-3-14-7-18/h1-3,5,7H,4,6H2,(H,15,17). The fraction of sp³-hybridized carbons (Fsp3) is 0.300. The van der Waals surface area contributed by atoms with Crippen molar-refractivity contribution in [2.75, 3.05) is 11.9 Å². The van der Waals surface area contributed by atoms with E-state index in [0.29, 0.717) is 18.9 Å². The van der Waals surface area contributed by atoms with Gasteiger partial charge in [-0.3, -0.25) is 0 Å². The summed E-state index contributed by atoms with van der Waals surface area (Å²) in [6.07, 6.45) is 0.639. The third-order valence-corrected chi connectivity index (χ3v) is 2.19. The third-order valence-electron chi connectivity index (χ3n) is 2.19. The Balaban J connectivity index is 1.87. The molecule has 2 aromatic rings. The lowest BCUT2D eigenvalue weighted by Crippen LogP contribution is -2.13. The van der Waals surface area contributed by atoms with Crippen LogP contribution in [0, 0.1) is 0 Å². The second kappa shape index (κ2) is 5.03. The molecule has 0 aromatic carbocycles. The molecule has 0 atom stereocenters. The zero-order valence-electron chi connectivity index (χ0n) is 9.22. The first-order chi connectivity index (χ1) is 8.55. The van der Waals surface area contributed by atoms with Gasteiger partial charge in [0, 0.05) is 25.5 Å². The summed E-state index contributed by atoms with van der Waals surface area (Å²) >= 11 is 0. The molecule has 2 aromatic heterocycles. The number of alkyl halides is 3. The molecule has 18 heavy (non-hydrogen) atoms. The van der Waals surface area contributed by atoms with Gasteiger partial charge in [-0.25, -0.2) is 4.98 Å². The normalized spacial score (nSPS) is 11.5. The third kappa shape index (κ3) is 3.19. The predicted molar refractivity (Wildman–Crippen MR) is 57.8 cm³/mol. The average molecular weight is 257 g/mol. The fourth-order valence-electron chi connectivity index (χ4n) is 1.31. The number of imidazole rings is 1. The van der Waals surface area contributed by atoms with Crippen LogP contribution < -0.4 is 5.32 Å². The number of rotatable bonds is 4. The summed E-state index contributed by atoms with van der Waals surface area (Å²) in [6, 6.07) is 2.15. The maximum atomic E-state index is 12.2. The highest BCUT2D eigenvalue weighted by Crippen LogP contribution is 2.26. The first-order valence-electron chi connectivity index (χ1n) is 5.16. The topological polar surface area (TPSA) is 55.6 Å². The van der Waals surface area contributed by atoms with E-state index >= 15 is 0 Å². The van der Waals surface area contributed by atoms with Gasteiger partial charge in [-0.05, 0) is 12.1 Å². The van der Waals surface area contributed by atoms with Gasteiger partial charge >= 0.3 is 6.18 Å². The Labute approximate surface area is 101 Å². The van der Waals surface area contributed by atoms with Gasteiger partial charge in [-0.2, -0.15) is 13.2 Å². The van der Waals surface area contributed by atoms with Crippen LogP contribution in [0.1, 0.15) is 5.69 Å². The summed E-state index contributed by atoms with van der Waals surface area (Å²) in [6.45, 7) is 1.17. The van der Waals surface area contributed by atoms with E-state index in [9.17, 15) is 13.2 Å². The molecule has 0 unspecified atom stereocenters. The molecule has 0 saturated carbocycles. The van der Waals surface area contributed by atoms with E-state index in [2.05, 4.69) is 20.5 Å². The molecule has 0 aliphatic heterocycles. The van der Waals surface area contributed by atoms with E-state index < -0.39 is 11.9 Å². The van der Waals surface area contributed by atoms with Gasteiger partial charge in [0.2, 0.25) is 0 Å². The molecule has 0 aliphatic carbocycles. The van der Waals surface area contributed by atoms with E-state index in [4.69, 9.17) is 0 Å². The Morgan fingerprint density at radius 3 is 2.61 bits per heavy atom. The first-order valence-corrected chi connectivity index (χ1v) is 5.16. The number of nitrogens with one attached hydrogen (secondary N) is 1. The Bertz CT molecular complexity index is 477. The number of aromatic nitrogens is 4. The summed E-state index contributed by atoms with van der Waals surface area (Å²) in [5, 5.41) is 9.44. The second-order valence-corrected chi connectivity index (χ2v) is 3.53. The van der Waals surface area contributed by atoms with E-state index in [0.717, 1.165) is 6.07 Å². The summed E-state index contributed by atoms with van der Waals surface area (Å²) in [5.41, 5.74) is -0.998. The highest BCUT2D eigenvalue weighted by Gasteiger charge is 2.32. The van der Waals surface area contributed by atoms with E-state index in [-0.39, 0.29) is 0 Å². The number of anilines is 1.